The van der Waals surface area contributed by atoms with E-state index in [9.17, 15) is 8.42 Å². The van der Waals surface area contributed by atoms with Crippen molar-refractivity contribution >= 4 is 21.4 Å². The number of sulfonamides is 1. The lowest BCUT2D eigenvalue weighted by molar-refractivity contribution is 0.239. The molecule has 20 heavy (non-hydrogen) atoms. The maximum absolute atomic E-state index is 12.1. The van der Waals surface area contributed by atoms with Crippen LogP contribution in [0.4, 0.5) is 0 Å². The van der Waals surface area contributed by atoms with E-state index >= 15 is 0 Å². The fraction of sp³-hybridized carbons (Fsp3) is 0.692. The Labute approximate surface area is 125 Å². The Balaban J connectivity index is 1.74. The Morgan fingerprint density at radius 1 is 1.35 bits per heavy atom. The molecule has 0 aliphatic carbocycles. The summed E-state index contributed by atoms with van der Waals surface area (Å²) in [5.74, 6) is 0. The minimum atomic E-state index is -3.31. The number of hydrogen-bond donors (Lipinski definition) is 2. The van der Waals surface area contributed by atoms with Crippen molar-refractivity contribution in [3.8, 4) is 0 Å². The van der Waals surface area contributed by atoms with Crippen LogP contribution in [0.2, 0.25) is 0 Å². The minimum absolute atomic E-state index is 0.427. The summed E-state index contributed by atoms with van der Waals surface area (Å²) in [5.41, 5.74) is 0. The molecule has 1 aromatic heterocycles. The largest absolute Gasteiger partial charge is 0.314 e. The molecule has 1 fully saturated rings. The summed E-state index contributed by atoms with van der Waals surface area (Å²) < 4.78 is 27.3. The van der Waals surface area contributed by atoms with Crippen LogP contribution in [0.3, 0.4) is 0 Å². The zero-order valence-corrected chi connectivity index (χ0v) is 13.5. The van der Waals surface area contributed by atoms with Gasteiger partial charge in [0, 0.05) is 37.6 Å². The zero-order chi connectivity index (χ0) is 14.4. The quantitative estimate of drug-likeness (QED) is 0.733. The van der Waals surface area contributed by atoms with Crippen LogP contribution < -0.4 is 10.0 Å². The molecule has 0 bridgehead atoms. The smallest absolute Gasteiger partial charge is 0.250 e. The topological polar surface area (TPSA) is 61.4 Å². The first-order valence-corrected chi connectivity index (χ1v) is 9.43. The molecular formula is C13H23N3O2S2. The van der Waals surface area contributed by atoms with Crippen molar-refractivity contribution in [2.24, 2.45) is 0 Å². The Morgan fingerprint density at radius 3 is 2.75 bits per heavy atom. The molecule has 1 saturated heterocycles. The highest BCUT2D eigenvalue weighted by Crippen LogP contribution is 2.21. The van der Waals surface area contributed by atoms with Crippen molar-refractivity contribution in [3.05, 3.63) is 17.0 Å². The predicted octanol–water partition coefficient (Wildman–Crippen LogP) is 0.884. The van der Waals surface area contributed by atoms with E-state index in [0.717, 1.165) is 50.4 Å². The van der Waals surface area contributed by atoms with Gasteiger partial charge in [0.2, 0.25) is 10.0 Å². The first kappa shape index (κ1) is 15.9. The molecule has 2 rings (SSSR count). The second kappa shape index (κ2) is 7.51. The van der Waals surface area contributed by atoms with E-state index in [0.29, 0.717) is 10.8 Å². The number of piperazine rings is 1. The highest BCUT2D eigenvalue weighted by Gasteiger charge is 2.16. The van der Waals surface area contributed by atoms with Crippen LogP contribution in [0, 0.1) is 0 Å². The summed E-state index contributed by atoms with van der Waals surface area (Å²) in [6.45, 7) is 7.65. The van der Waals surface area contributed by atoms with Crippen molar-refractivity contribution in [1.82, 2.24) is 14.9 Å². The van der Waals surface area contributed by atoms with E-state index in [4.69, 9.17) is 0 Å². The summed E-state index contributed by atoms with van der Waals surface area (Å²) in [6.07, 6.45) is 1.73. The first-order valence-electron chi connectivity index (χ1n) is 7.13. The van der Waals surface area contributed by atoms with Crippen molar-refractivity contribution in [3.63, 3.8) is 0 Å². The summed E-state index contributed by atoms with van der Waals surface area (Å²) in [5, 5.41) is 3.31. The molecule has 0 radical (unpaired) electrons. The van der Waals surface area contributed by atoms with Gasteiger partial charge in [-0.1, -0.05) is 6.92 Å². The van der Waals surface area contributed by atoms with Gasteiger partial charge < -0.3 is 10.2 Å². The molecule has 2 N–H and O–H groups in total. The molecule has 1 aliphatic heterocycles. The van der Waals surface area contributed by atoms with Gasteiger partial charge in [-0.05, 0) is 31.5 Å². The average molecular weight is 317 g/mol. The van der Waals surface area contributed by atoms with Gasteiger partial charge in [0.05, 0.1) is 0 Å². The van der Waals surface area contributed by atoms with E-state index in [1.54, 1.807) is 6.07 Å². The Bertz CT molecular complexity index is 507. The van der Waals surface area contributed by atoms with Crippen LogP contribution in [0.25, 0.3) is 0 Å². The molecule has 0 atom stereocenters. The molecular weight excluding hydrogens is 294 g/mol. The number of aryl methyl sites for hydroxylation is 1. The molecule has 5 nitrogen and oxygen atoms in total. The summed E-state index contributed by atoms with van der Waals surface area (Å²) >= 11 is 1.36. The number of rotatable bonds is 7. The lowest BCUT2D eigenvalue weighted by Crippen LogP contribution is -2.44. The second-order valence-electron chi connectivity index (χ2n) is 4.92. The molecule has 114 valence electrons. The fourth-order valence-corrected chi connectivity index (χ4v) is 4.62. The molecule has 0 spiro atoms. The number of nitrogens with one attached hydrogen (secondary N) is 2. The van der Waals surface area contributed by atoms with E-state index < -0.39 is 10.0 Å². The third-order valence-electron chi connectivity index (χ3n) is 3.40. The lowest BCUT2D eigenvalue weighted by atomic mass is 10.3. The molecule has 0 saturated carbocycles. The average Bonchev–Trinajstić information content (AvgIpc) is 2.95. The monoisotopic (exact) mass is 317 g/mol. The number of hydrogen-bond acceptors (Lipinski definition) is 5. The van der Waals surface area contributed by atoms with Crippen molar-refractivity contribution in [2.45, 2.75) is 24.0 Å². The molecule has 1 aliphatic rings. The van der Waals surface area contributed by atoms with Gasteiger partial charge >= 0.3 is 0 Å². The summed E-state index contributed by atoms with van der Waals surface area (Å²) in [7, 11) is -3.31. The van der Waals surface area contributed by atoms with E-state index in [-0.39, 0.29) is 0 Å². The van der Waals surface area contributed by atoms with Gasteiger partial charge in [0.1, 0.15) is 4.21 Å². The van der Waals surface area contributed by atoms with E-state index in [1.165, 1.54) is 11.3 Å². The highest BCUT2D eigenvalue weighted by molar-refractivity contribution is 7.91. The van der Waals surface area contributed by atoms with E-state index in [2.05, 4.69) is 14.9 Å². The molecule has 0 unspecified atom stereocenters. The van der Waals surface area contributed by atoms with Crippen LogP contribution in [-0.2, 0) is 16.4 Å². The van der Waals surface area contributed by atoms with Crippen LogP contribution in [0.5, 0.6) is 0 Å². The molecule has 1 aromatic rings. The summed E-state index contributed by atoms with van der Waals surface area (Å²) in [4.78, 5) is 3.47. The Hall–Kier alpha value is -0.470. The standard InChI is InChI=1S/C13H23N3O2S2/c1-2-12-4-5-13(19-12)20(17,18)15-6-3-9-16-10-7-14-8-11-16/h4-5,14-15H,2-3,6-11H2,1H3. The normalized spacial score (nSPS) is 17.4. The van der Waals surface area contributed by atoms with Gasteiger partial charge in [-0.2, -0.15) is 0 Å². The highest BCUT2D eigenvalue weighted by atomic mass is 32.2. The van der Waals surface area contributed by atoms with Gasteiger partial charge in [-0.25, -0.2) is 13.1 Å². The van der Waals surface area contributed by atoms with Crippen molar-refractivity contribution in [2.75, 3.05) is 39.3 Å². The van der Waals surface area contributed by atoms with Gasteiger partial charge in [0.15, 0.2) is 0 Å². The zero-order valence-electron chi connectivity index (χ0n) is 11.9. The van der Waals surface area contributed by atoms with Crippen LogP contribution >= 0.6 is 11.3 Å². The van der Waals surface area contributed by atoms with Gasteiger partial charge in [0.25, 0.3) is 0 Å². The Kier molecular flexibility index (Phi) is 5.98. The van der Waals surface area contributed by atoms with Gasteiger partial charge in [-0.15, -0.1) is 11.3 Å². The van der Waals surface area contributed by atoms with Crippen LogP contribution in [-0.4, -0.2) is 52.6 Å². The minimum Gasteiger partial charge on any atom is -0.314 e. The van der Waals surface area contributed by atoms with E-state index in [1.807, 2.05) is 13.0 Å². The second-order valence-corrected chi connectivity index (χ2v) is 8.08. The number of nitrogens with zero attached hydrogens (tertiary/aromatic N) is 1. The lowest BCUT2D eigenvalue weighted by Gasteiger charge is -2.26. The SMILES string of the molecule is CCc1ccc(S(=O)(=O)NCCCN2CCNCC2)s1. The maximum Gasteiger partial charge on any atom is 0.250 e. The third kappa shape index (κ3) is 4.53. The molecule has 2 heterocycles. The van der Waals surface area contributed by atoms with Crippen molar-refractivity contribution in [1.29, 1.82) is 0 Å². The van der Waals surface area contributed by atoms with Crippen molar-refractivity contribution < 1.29 is 8.42 Å². The molecule has 0 aromatic carbocycles. The van der Waals surface area contributed by atoms with Gasteiger partial charge in [-0.3, -0.25) is 0 Å². The third-order valence-corrected chi connectivity index (χ3v) is 6.59. The maximum atomic E-state index is 12.1. The summed E-state index contributed by atoms with van der Waals surface area (Å²) in [6, 6.07) is 3.59. The Morgan fingerprint density at radius 2 is 2.10 bits per heavy atom. The molecule has 7 heteroatoms. The molecule has 0 amide bonds. The first-order chi connectivity index (χ1) is 9.62. The predicted molar refractivity (Wildman–Crippen MR) is 82.8 cm³/mol. The number of thiophene rings is 1. The van der Waals surface area contributed by atoms with Crippen LogP contribution in [0.1, 0.15) is 18.2 Å². The fourth-order valence-electron chi connectivity index (χ4n) is 2.21. The van der Waals surface area contributed by atoms with Crippen LogP contribution in [0.15, 0.2) is 16.3 Å².